The summed E-state index contributed by atoms with van der Waals surface area (Å²) in [4.78, 5) is 19.4. The lowest BCUT2D eigenvalue weighted by molar-refractivity contribution is -0.131. The Morgan fingerprint density at radius 3 is 2.36 bits per heavy atom. The molecule has 0 aliphatic heterocycles. The van der Waals surface area contributed by atoms with Gasteiger partial charge in [-0.3, -0.25) is 4.79 Å². The molecule has 6 nitrogen and oxygen atoms in total. The molecule has 1 aromatic heterocycles. The number of aromatic nitrogens is 2. The minimum atomic E-state index is -0.346. The van der Waals surface area contributed by atoms with E-state index in [1.807, 2.05) is 19.1 Å². The number of esters is 1. The van der Waals surface area contributed by atoms with E-state index in [9.17, 15) is 4.79 Å². The van der Waals surface area contributed by atoms with Crippen molar-refractivity contribution in [3.8, 4) is 28.7 Å². The standard InChI is InChI=1S/C19H20N2O4/c1-3-23-11-12-24-10-4-5-19-20-13-17(14-21-19)16-6-8-18(9-7-16)25-15(2)22/h6-9,13-14H,3,10-12H2,1-2H3. The topological polar surface area (TPSA) is 70.5 Å². The van der Waals surface area contributed by atoms with Crippen molar-refractivity contribution in [1.29, 1.82) is 0 Å². The monoisotopic (exact) mass is 340 g/mol. The molecule has 0 fully saturated rings. The molecule has 1 aromatic carbocycles. The number of hydrogen-bond donors (Lipinski definition) is 0. The van der Waals surface area contributed by atoms with E-state index >= 15 is 0 Å². The van der Waals surface area contributed by atoms with Gasteiger partial charge in [0.15, 0.2) is 0 Å². The van der Waals surface area contributed by atoms with Gasteiger partial charge in [-0.1, -0.05) is 18.1 Å². The van der Waals surface area contributed by atoms with Gasteiger partial charge in [0, 0.05) is 31.5 Å². The molecule has 2 aromatic rings. The summed E-state index contributed by atoms with van der Waals surface area (Å²) in [5, 5.41) is 0. The molecule has 0 saturated heterocycles. The Morgan fingerprint density at radius 1 is 1.04 bits per heavy atom. The quantitative estimate of drug-likeness (QED) is 0.334. The zero-order valence-corrected chi connectivity index (χ0v) is 14.3. The average molecular weight is 340 g/mol. The molecule has 0 radical (unpaired) electrons. The molecule has 0 amide bonds. The molecule has 25 heavy (non-hydrogen) atoms. The highest BCUT2D eigenvalue weighted by molar-refractivity contribution is 5.70. The van der Waals surface area contributed by atoms with E-state index in [0.29, 0.717) is 38.0 Å². The number of carbonyl (C=O) groups is 1. The van der Waals surface area contributed by atoms with Crippen LogP contribution in [0.4, 0.5) is 0 Å². The highest BCUT2D eigenvalue weighted by Crippen LogP contribution is 2.21. The molecule has 0 spiro atoms. The minimum absolute atomic E-state index is 0.315. The fraction of sp³-hybridized carbons (Fsp3) is 0.316. The Morgan fingerprint density at radius 2 is 1.72 bits per heavy atom. The Kier molecular flexibility index (Phi) is 7.57. The van der Waals surface area contributed by atoms with Crippen molar-refractivity contribution >= 4 is 5.97 Å². The van der Waals surface area contributed by atoms with E-state index < -0.39 is 0 Å². The summed E-state index contributed by atoms with van der Waals surface area (Å²) < 4.78 is 15.5. The summed E-state index contributed by atoms with van der Waals surface area (Å²) in [6.45, 7) is 5.39. The summed E-state index contributed by atoms with van der Waals surface area (Å²) >= 11 is 0. The van der Waals surface area contributed by atoms with E-state index in [0.717, 1.165) is 11.1 Å². The molecule has 6 heteroatoms. The number of ether oxygens (including phenoxy) is 3. The molecule has 0 saturated carbocycles. The van der Waals surface area contributed by atoms with Gasteiger partial charge >= 0.3 is 5.97 Å². The lowest BCUT2D eigenvalue weighted by atomic mass is 10.1. The predicted molar refractivity (Wildman–Crippen MR) is 93.0 cm³/mol. The molecule has 130 valence electrons. The fourth-order valence-corrected chi connectivity index (χ4v) is 1.92. The summed E-state index contributed by atoms with van der Waals surface area (Å²) in [6, 6.07) is 7.14. The summed E-state index contributed by atoms with van der Waals surface area (Å²) in [7, 11) is 0. The number of rotatable bonds is 7. The Labute approximate surface area is 147 Å². The van der Waals surface area contributed by atoms with Crippen LogP contribution in [0, 0.1) is 11.8 Å². The zero-order chi connectivity index (χ0) is 17.9. The lowest BCUT2D eigenvalue weighted by Crippen LogP contribution is -2.03. The van der Waals surface area contributed by atoms with Crippen LogP contribution >= 0.6 is 0 Å². The van der Waals surface area contributed by atoms with Crippen molar-refractivity contribution in [2.24, 2.45) is 0 Å². The summed E-state index contributed by atoms with van der Waals surface area (Å²) in [6.07, 6.45) is 3.40. The SMILES string of the molecule is CCOCCOCC#Cc1ncc(-c2ccc(OC(C)=O)cc2)cn1. The van der Waals surface area contributed by atoms with E-state index in [1.54, 1.807) is 24.5 Å². The maximum absolute atomic E-state index is 10.9. The van der Waals surface area contributed by atoms with Crippen molar-refractivity contribution in [2.45, 2.75) is 13.8 Å². The number of benzene rings is 1. The smallest absolute Gasteiger partial charge is 0.308 e. The molecule has 1 heterocycles. The zero-order valence-electron chi connectivity index (χ0n) is 14.3. The molecule has 2 rings (SSSR count). The third-order valence-electron chi connectivity index (χ3n) is 3.05. The third kappa shape index (κ3) is 6.71. The van der Waals surface area contributed by atoms with Crippen LogP contribution < -0.4 is 4.74 Å². The van der Waals surface area contributed by atoms with Crippen molar-refractivity contribution in [1.82, 2.24) is 9.97 Å². The maximum Gasteiger partial charge on any atom is 0.308 e. The molecule has 0 unspecified atom stereocenters. The van der Waals surface area contributed by atoms with Gasteiger partial charge in [0.1, 0.15) is 12.4 Å². The molecule has 0 aliphatic rings. The molecular formula is C19H20N2O4. The predicted octanol–water partition coefficient (Wildman–Crippen LogP) is 2.47. The van der Waals surface area contributed by atoms with Crippen molar-refractivity contribution < 1.29 is 19.0 Å². The molecule has 0 N–H and O–H groups in total. The van der Waals surface area contributed by atoms with E-state index in [-0.39, 0.29) is 5.97 Å². The largest absolute Gasteiger partial charge is 0.427 e. The second kappa shape index (κ2) is 10.2. The first-order valence-corrected chi connectivity index (χ1v) is 7.94. The molecule has 0 atom stereocenters. The van der Waals surface area contributed by atoms with E-state index in [4.69, 9.17) is 14.2 Å². The van der Waals surface area contributed by atoms with Crippen molar-refractivity contribution in [3.63, 3.8) is 0 Å². The van der Waals surface area contributed by atoms with Gasteiger partial charge < -0.3 is 14.2 Å². The Balaban J connectivity index is 1.88. The molecule has 0 bridgehead atoms. The molecular weight excluding hydrogens is 320 g/mol. The van der Waals surface area contributed by atoms with Gasteiger partial charge in [0.25, 0.3) is 0 Å². The van der Waals surface area contributed by atoms with Crippen LogP contribution in [0.25, 0.3) is 11.1 Å². The first-order valence-electron chi connectivity index (χ1n) is 7.94. The normalized spacial score (nSPS) is 10.0. The second-order valence-corrected chi connectivity index (χ2v) is 4.96. The van der Waals surface area contributed by atoms with Gasteiger partial charge in [-0.25, -0.2) is 9.97 Å². The van der Waals surface area contributed by atoms with E-state index in [1.165, 1.54) is 6.92 Å². The van der Waals surface area contributed by atoms with Crippen molar-refractivity contribution in [2.75, 3.05) is 26.4 Å². The van der Waals surface area contributed by atoms with Crippen molar-refractivity contribution in [3.05, 3.63) is 42.5 Å². The van der Waals surface area contributed by atoms with Gasteiger partial charge in [-0.2, -0.15) is 0 Å². The van der Waals surface area contributed by atoms with Gasteiger partial charge in [0.05, 0.1) is 13.2 Å². The lowest BCUT2D eigenvalue weighted by Gasteiger charge is -2.03. The van der Waals surface area contributed by atoms with Gasteiger partial charge in [-0.05, 0) is 30.5 Å². The van der Waals surface area contributed by atoms with Crippen LogP contribution in [0.5, 0.6) is 5.75 Å². The first kappa shape index (κ1) is 18.6. The summed E-state index contributed by atoms with van der Waals surface area (Å²) in [5.74, 6) is 6.31. The highest BCUT2D eigenvalue weighted by Gasteiger charge is 2.02. The van der Waals surface area contributed by atoms with Gasteiger partial charge in [0.2, 0.25) is 5.82 Å². The van der Waals surface area contributed by atoms with E-state index in [2.05, 4.69) is 21.8 Å². The van der Waals surface area contributed by atoms with Crippen LogP contribution in [-0.4, -0.2) is 42.4 Å². The van der Waals surface area contributed by atoms with Crippen LogP contribution in [0.2, 0.25) is 0 Å². The first-order chi connectivity index (χ1) is 12.2. The fourth-order valence-electron chi connectivity index (χ4n) is 1.92. The minimum Gasteiger partial charge on any atom is -0.427 e. The number of hydrogen-bond acceptors (Lipinski definition) is 6. The van der Waals surface area contributed by atoms with Gasteiger partial charge in [-0.15, -0.1) is 0 Å². The van der Waals surface area contributed by atoms with Crippen LogP contribution in [-0.2, 0) is 14.3 Å². The molecule has 0 aliphatic carbocycles. The third-order valence-corrected chi connectivity index (χ3v) is 3.05. The number of nitrogens with zero attached hydrogens (tertiary/aromatic N) is 2. The van der Waals surface area contributed by atoms with Crippen LogP contribution in [0.3, 0.4) is 0 Å². The van der Waals surface area contributed by atoms with Crippen LogP contribution in [0.15, 0.2) is 36.7 Å². The van der Waals surface area contributed by atoms with Crippen LogP contribution in [0.1, 0.15) is 19.7 Å². The Bertz CT molecular complexity index is 731. The summed E-state index contributed by atoms with van der Waals surface area (Å²) in [5.41, 5.74) is 1.78. The number of carbonyl (C=O) groups excluding carboxylic acids is 1. The highest BCUT2D eigenvalue weighted by atomic mass is 16.5. The Hall–Kier alpha value is -2.75. The maximum atomic E-state index is 10.9. The second-order valence-electron chi connectivity index (χ2n) is 4.96. The average Bonchev–Trinajstić information content (AvgIpc) is 2.62.